The molecule has 0 atom stereocenters. The summed E-state index contributed by atoms with van der Waals surface area (Å²) in [5.41, 5.74) is 5.68. The van der Waals surface area contributed by atoms with Crippen molar-refractivity contribution < 1.29 is 10.4 Å². The summed E-state index contributed by atoms with van der Waals surface area (Å²) in [6.45, 7) is 4.07. The van der Waals surface area contributed by atoms with E-state index in [9.17, 15) is 0 Å². The second-order valence-corrected chi connectivity index (χ2v) is 5.66. The second-order valence-electron chi connectivity index (χ2n) is 5.66. The van der Waals surface area contributed by atoms with E-state index < -0.39 is 0 Å². The molecule has 0 spiro atoms. The number of oxime groups is 2. The van der Waals surface area contributed by atoms with Crippen LogP contribution in [0.2, 0.25) is 0 Å². The molecule has 0 bridgehead atoms. The molecule has 0 amide bonds. The van der Waals surface area contributed by atoms with Gasteiger partial charge in [-0.25, -0.2) is 0 Å². The maximum atomic E-state index is 9.15. The van der Waals surface area contributed by atoms with Crippen LogP contribution in [-0.2, 0) is 0 Å². The van der Waals surface area contributed by atoms with Gasteiger partial charge in [0.15, 0.2) is 0 Å². The van der Waals surface area contributed by atoms with Gasteiger partial charge in [0, 0.05) is 11.1 Å². The van der Waals surface area contributed by atoms with Crippen LogP contribution in [0.1, 0.15) is 22.3 Å². The highest BCUT2D eigenvalue weighted by atomic mass is 16.4. The Hall–Kier alpha value is -3.14. The van der Waals surface area contributed by atoms with E-state index in [1.54, 1.807) is 0 Å². The maximum absolute atomic E-state index is 9.15. The Morgan fingerprint density at radius 2 is 1.33 bits per heavy atom. The van der Waals surface area contributed by atoms with Crippen molar-refractivity contribution in [1.82, 2.24) is 0 Å². The molecule has 0 aliphatic heterocycles. The molecule has 0 fully saturated rings. The highest BCUT2D eigenvalue weighted by molar-refractivity contribution is 6.06. The lowest BCUT2D eigenvalue weighted by Gasteiger charge is -2.18. The van der Waals surface area contributed by atoms with Crippen LogP contribution < -0.4 is 0 Å². The standard InChI is InChI=1S/C20H18N2O2/c1-13-16-8-5-6-9-17(16)14(2)20(19(13)12-22-24)18-10-4-3-7-15(18)11-21-23/h3-12,23-24H,1-2H3. The number of hydrogen-bond acceptors (Lipinski definition) is 4. The summed E-state index contributed by atoms with van der Waals surface area (Å²) in [7, 11) is 0. The minimum Gasteiger partial charge on any atom is -0.411 e. The summed E-state index contributed by atoms with van der Waals surface area (Å²) in [5.74, 6) is 0. The second kappa shape index (κ2) is 6.54. The van der Waals surface area contributed by atoms with E-state index in [0.29, 0.717) is 0 Å². The van der Waals surface area contributed by atoms with Crippen molar-refractivity contribution in [2.45, 2.75) is 13.8 Å². The van der Waals surface area contributed by atoms with Crippen LogP contribution in [0.3, 0.4) is 0 Å². The van der Waals surface area contributed by atoms with Crippen molar-refractivity contribution in [2.24, 2.45) is 10.3 Å². The van der Waals surface area contributed by atoms with Gasteiger partial charge < -0.3 is 10.4 Å². The summed E-state index contributed by atoms with van der Waals surface area (Å²) >= 11 is 0. The monoisotopic (exact) mass is 318 g/mol. The van der Waals surface area contributed by atoms with Gasteiger partial charge in [-0.1, -0.05) is 58.8 Å². The number of rotatable bonds is 3. The number of aryl methyl sites for hydroxylation is 2. The van der Waals surface area contributed by atoms with Crippen molar-refractivity contribution in [3.05, 3.63) is 70.8 Å². The van der Waals surface area contributed by atoms with Gasteiger partial charge in [-0.15, -0.1) is 0 Å². The Bertz CT molecular complexity index is 959. The zero-order valence-electron chi connectivity index (χ0n) is 13.6. The minimum atomic E-state index is 0.797. The molecule has 0 saturated carbocycles. The van der Waals surface area contributed by atoms with E-state index in [1.807, 2.05) is 43.3 Å². The lowest BCUT2D eigenvalue weighted by Crippen LogP contribution is -2.00. The van der Waals surface area contributed by atoms with Gasteiger partial charge >= 0.3 is 0 Å². The number of benzene rings is 3. The van der Waals surface area contributed by atoms with E-state index in [1.165, 1.54) is 12.4 Å². The largest absolute Gasteiger partial charge is 0.411 e. The Kier molecular flexibility index (Phi) is 4.29. The molecule has 0 aromatic heterocycles. The van der Waals surface area contributed by atoms with Gasteiger partial charge in [-0.3, -0.25) is 0 Å². The van der Waals surface area contributed by atoms with Crippen LogP contribution in [0.15, 0.2) is 58.8 Å². The van der Waals surface area contributed by atoms with Crippen molar-refractivity contribution in [2.75, 3.05) is 0 Å². The van der Waals surface area contributed by atoms with E-state index in [0.717, 1.165) is 44.2 Å². The van der Waals surface area contributed by atoms with E-state index in [2.05, 4.69) is 29.4 Å². The summed E-state index contributed by atoms with van der Waals surface area (Å²) in [5, 5.41) is 26.8. The Labute approximate surface area is 140 Å². The Morgan fingerprint density at radius 3 is 2.00 bits per heavy atom. The molecule has 3 aromatic rings. The van der Waals surface area contributed by atoms with Gasteiger partial charge in [0.05, 0.1) is 12.4 Å². The van der Waals surface area contributed by atoms with Crippen LogP contribution >= 0.6 is 0 Å². The lowest BCUT2D eigenvalue weighted by molar-refractivity contribution is 0.321. The summed E-state index contributed by atoms with van der Waals surface area (Å²) < 4.78 is 0. The topological polar surface area (TPSA) is 65.2 Å². The average Bonchev–Trinajstić information content (AvgIpc) is 2.61. The first-order chi connectivity index (χ1) is 11.7. The highest BCUT2D eigenvalue weighted by Crippen LogP contribution is 2.37. The minimum absolute atomic E-state index is 0.797. The Morgan fingerprint density at radius 1 is 0.750 bits per heavy atom. The predicted octanol–water partition coefficient (Wildman–Crippen LogP) is 4.74. The van der Waals surface area contributed by atoms with Crippen molar-refractivity contribution in [3.8, 4) is 11.1 Å². The zero-order chi connectivity index (χ0) is 17.1. The molecule has 4 nitrogen and oxygen atoms in total. The van der Waals surface area contributed by atoms with Crippen LogP contribution in [0.4, 0.5) is 0 Å². The van der Waals surface area contributed by atoms with Crippen molar-refractivity contribution >= 4 is 23.2 Å². The first kappa shape index (κ1) is 15.7. The molecule has 2 N–H and O–H groups in total. The third-order valence-corrected chi connectivity index (χ3v) is 4.40. The molecule has 0 unspecified atom stereocenters. The normalized spacial score (nSPS) is 11.8. The summed E-state index contributed by atoms with van der Waals surface area (Å²) in [6.07, 6.45) is 2.89. The molecule has 0 saturated heterocycles. The van der Waals surface area contributed by atoms with Gasteiger partial charge in [-0.05, 0) is 46.9 Å². The highest BCUT2D eigenvalue weighted by Gasteiger charge is 2.17. The van der Waals surface area contributed by atoms with E-state index in [4.69, 9.17) is 10.4 Å². The smallest absolute Gasteiger partial charge is 0.0743 e. The molecular weight excluding hydrogens is 300 g/mol. The molecule has 0 aliphatic carbocycles. The fraction of sp³-hybridized carbons (Fsp3) is 0.100. The molecule has 0 heterocycles. The fourth-order valence-corrected chi connectivity index (χ4v) is 3.27. The van der Waals surface area contributed by atoms with E-state index in [-0.39, 0.29) is 0 Å². The SMILES string of the molecule is Cc1c(C=NO)c(-c2ccccc2C=NO)c(C)c2ccccc12. The number of nitrogens with zero attached hydrogens (tertiary/aromatic N) is 2. The van der Waals surface area contributed by atoms with Crippen LogP contribution in [-0.4, -0.2) is 22.8 Å². The van der Waals surface area contributed by atoms with Gasteiger partial charge in [0.25, 0.3) is 0 Å². The van der Waals surface area contributed by atoms with Crippen LogP contribution in [0.5, 0.6) is 0 Å². The maximum Gasteiger partial charge on any atom is 0.0743 e. The first-order valence-corrected chi connectivity index (χ1v) is 7.65. The third kappa shape index (κ3) is 2.52. The van der Waals surface area contributed by atoms with Crippen LogP contribution in [0, 0.1) is 13.8 Å². The third-order valence-electron chi connectivity index (χ3n) is 4.40. The molecule has 24 heavy (non-hydrogen) atoms. The lowest BCUT2D eigenvalue weighted by atomic mass is 9.85. The molecule has 3 rings (SSSR count). The first-order valence-electron chi connectivity index (χ1n) is 7.65. The van der Waals surface area contributed by atoms with Crippen molar-refractivity contribution in [1.29, 1.82) is 0 Å². The van der Waals surface area contributed by atoms with Gasteiger partial charge in [-0.2, -0.15) is 0 Å². The molecular formula is C20H18N2O2. The zero-order valence-corrected chi connectivity index (χ0v) is 13.6. The number of fused-ring (bicyclic) bond motifs is 1. The molecule has 4 heteroatoms. The van der Waals surface area contributed by atoms with Gasteiger partial charge in [0.2, 0.25) is 0 Å². The molecule has 3 aromatic carbocycles. The van der Waals surface area contributed by atoms with Crippen molar-refractivity contribution in [3.63, 3.8) is 0 Å². The number of hydrogen-bond donors (Lipinski definition) is 2. The Balaban J connectivity index is 2.48. The molecule has 120 valence electrons. The molecule has 0 aliphatic rings. The van der Waals surface area contributed by atoms with E-state index >= 15 is 0 Å². The average molecular weight is 318 g/mol. The quantitative estimate of drug-likeness (QED) is 0.416. The predicted molar refractivity (Wildman–Crippen MR) is 97.6 cm³/mol. The fourth-order valence-electron chi connectivity index (χ4n) is 3.27. The molecule has 0 radical (unpaired) electrons. The summed E-state index contributed by atoms with van der Waals surface area (Å²) in [4.78, 5) is 0. The summed E-state index contributed by atoms with van der Waals surface area (Å²) in [6, 6.07) is 15.9. The van der Waals surface area contributed by atoms with Crippen LogP contribution in [0.25, 0.3) is 21.9 Å². The van der Waals surface area contributed by atoms with Gasteiger partial charge in [0.1, 0.15) is 0 Å².